The minimum Gasteiger partial charge on any atom is -0.478 e. The number of hydrogen-bond donors (Lipinski definition) is 2. The van der Waals surface area contributed by atoms with Crippen LogP contribution >= 0.6 is 0 Å². The maximum atomic E-state index is 13.9. The summed E-state index contributed by atoms with van der Waals surface area (Å²) in [5.41, 5.74) is 1.22. The number of hydrogen-bond acceptors (Lipinski definition) is 4. The molecule has 0 saturated carbocycles. The van der Waals surface area contributed by atoms with Gasteiger partial charge in [-0.25, -0.2) is 9.18 Å². The van der Waals surface area contributed by atoms with E-state index in [9.17, 15) is 19.3 Å². The first kappa shape index (κ1) is 16.4. The van der Waals surface area contributed by atoms with E-state index in [1.165, 1.54) is 0 Å². The molecule has 0 aliphatic carbocycles. The molecule has 0 saturated heterocycles. The minimum atomic E-state index is -1.40. The molecule has 0 heterocycles. The molecule has 0 spiro atoms. The Bertz CT molecular complexity index is 720. The maximum Gasteiger partial charge on any atom is 0.338 e. The number of halogens is 1. The number of benzene rings is 2. The molecule has 6 nitrogen and oxygen atoms in total. The van der Waals surface area contributed by atoms with Crippen molar-refractivity contribution in [3.8, 4) is 0 Å². The summed E-state index contributed by atoms with van der Waals surface area (Å²) in [5.74, 6) is -2.28. The van der Waals surface area contributed by atoms with E-state index in [1.54, 1.807) is 0 Å². The zero-order chi connectivity index (χ0) is 16.8. The van der Waals surface area contributed by atoms with Crippen LogP contribution in [0.25, 0.3) is 0 Å². The first-order valence-electron chi connectivity index (χ1n) is 6.92. The van der Waals surface area contributed by atoms with Crippen molar-refractivity contribution in [1.82, 2.24) is 0 Å². The topological polar surface area (TPSA) is 92.5 Å². The molecule has 0 bridgehead atoms. The van der Waals surface area contributed by atoms with Crippen molar-refractivity contribution in [2.75, 3.05) is 11.9 Å². The van der Waals surface area contributed by atoms with E-state index in [1.807, 2.05) is 30.3 Å². The van der Waals surface area contributed by atoms with E-state index in [4.69, 9.17) is 5.11 Å². The van der Waals surface area contributed by atoms with Gasteiger partial charge in [0.05, 0.1) is 5.56 Å². The number of rotatable bonds is 7. The second-order valence-corrected chi connectivity index (χ2v) is 4.94. The van der Waals surface area contributed by atoms with Crippen molar-refractivity contribution in [2.24, 2.45) is 0 Å². The van der Waals surface area contributed by atoms with Crippen molar-refractivity contribution in [3.05, 3.63) is 75.1 Å². The molecule has 2 aromatic rings. The summed E-state index contributed by atoms with van der Waals surface area (Å²) in [6.45, 7) is 0.0445. The van der Waals surface area contributed by atoms with Crippen LogP contribution in [0.2, 0.25) is 0 Å². The van der Waals surface area contributed by atoms with E-state index >= 15 is 0 Å². The molecule has 0 atom stereocenters. The number of nitrogens with zero attached hydrogens (tertiary/aromatic N) is 1. The summed E-state index contributed by atoms with van der Waals surface area (Å²) in [7, 11) is 0. The second kappa shape index (κ2) is 7.35. The van der Waals surface area contributed by atoms with Crippen molar-refractivity contribution in [1.29, 1.82) is 0 Å². The summed E-state index contributed by atoms with van der Waals surface area (Å²) in [6.07, 6.45) is 0.0185. The molecule has 23 heavy (non-hydrogen) atoms. The van der Waals surface area contributed by atoms with E-state index in [-0.39, 0.29) is 13.0 Å². The molecule has 0 unspecified atom stereocenters. The van der Waals surface area contributed by atoms with Crippen molar-refractivity contribution >= 4 is 11.7 Å². The third kappa shape index (κ3) is 4.50. The Morgan fingerprint density at radius 2 is 1.96 bits per heavy atom. The lowest BCUT2D eigenvalue weighted by molar-refractivity contribution is -0.479. The number of aromatic carboxylic acids is 1. The third-order valence-corrected chi connectivity index (χ3v) is 3.31. The zero-order valence-electron chi connectivity index (χ0n) is 12.2. The number of anilines is 1. The normalized spacial score (nSPS) is 10.3. The third-order valence-electron chi connectivity index (χ3n) is 3.31. The van der Waals surface area contributed by atoms with Crippen molar-refractivity contribution in [3.63, 3.8) is 0 Å². The maximum absolute atomic E-state index is 13.9. The van der Waals surface area contributed by atoms with Crippen LogP contribution in [0.1, 0.15) is 21.5 Å². The van der Waals surface area contributed by atoms with Crippen LogP contribution in [0, 0.1) is 15.9 Å². The molecule has 2 aromatic carbocycles. The predicted octanol–water partition coefficient (Wildman–Crippen LogP) is 2.96. The van der Waals surface area contributed by atoms with Crippen molar-refractivity contribution < 1.29 is 19.2 Å². The Hall–Kier alpha value is -2.96. The van der Waals surface area contributed by atoms with Gasteiger partial charge in [0.2, 0.25) is 6.54 Å². The Morgan fingerprint density at radius 1 is 1.26 bits per heavy atom. The van der Waals surface area contributed by atoms with E-state index in [0.717, 1.165) is 17.7 Å². The van der Waals surface area contributed by atoms with Gasteiger partial charge in [0.15, 0.2) is 0 Å². The summed E-state index contributed by atoms with van der Waals surface area (Å²) in [5, 5.41) is 22.5. The molecule has 120 valence electrons. The van der Waals surface area contributed by atoms with E-state index in [0.29, 0.717) is 17.8 Å². The highest BCUT2D eigenvalue weighted by atomic mass is 19.1. The fourth-order valence-corrected chi connectivity index (χ4v) is 2.16. The van der Waals surface area contributed by atoms with Crippen LogP contribution in [0.4, 0.5) is 10.1 Å². The average Bonchev–Trinajstić information content (AvgIpc) is 2.52. The van der Waals surface area contributed by atoms with Crippen LogP contribution < -0.4 is 5.32 Å². The fourth-order valence-electron chi connectivity index (χ4n) is 2.16. The number of nitro groups is 1. The molecule has 7 heteroatoms. The monoisotopic (exact) mass is 318 g/mol. The molecule has 0 amide bonds. The number of carboxylic acid groups (broad SMARTS) is 1. The molecule has 0 aliphatic heterocycles. The molecular formula is C16H15FN2O4. The molecule has 0 fully saturated rings. The van der Waals surface area contributed by atoms with Gasteiger partial charge in [0.25, 0.3) is 0 Å². The average molecular weight is 318 g/mol. The van der Waals surface area contributed by atoms with Gasteiger partial charge in [-0.1, -0.05) is 30.3 Å². The van der Waals surface area contributed by atoms with Crippen molar-refractivity contribution in [2.45, 2.75) is 13.0 Å². The quantitative estimate of drug-likeness (QED) is 0.605. The van der Waals surface area contributed by atoms with Gasteiger partial charge in [-0.05, 0) is 23.3 Å². The number of carboxylic acids is 1. The highest BCUT2D eigenvalue weighted by Crippen LogP contribution is 2.22. The van der Waals surface area contributed by atoms with Crippen LogP contribution in [0.15, 0.2) is 42.5 Å². The number of carbonyl (C=O) groups is 1. The molecule has 2 rings (SSSR count). The zero-order valence-corrected chi connectivity index (χ0v) is 12.2. The predicted molar refractivity (Wildman–Crippen MR) is 82.7 cm³/mol. The summed E-state index contributed by atoms with van der Waals surface area (Å²) < 4.78 is 13.9. The Balaban J connectivity index is 2.26. The van der Waals surface area contributed by atoms with E-state index in [2.05, 4.69) is 5.32 Å². The van der Waals surface area contributed by atoms with Crippen LogP contribution in [0.5, 0.6) is 0 Å². The van der Waals surface area contributed by atoms with Gasteiger partial charge in [0.1, 0.15) is 5.82 Å². The van der Waals surface area contributed by atoms with Gasteiger partial charge >= 0.3 is 5.97 Å². The van der Waals surface area contributed by atoms with Gasteiger partial charge in [0, 0.05) is 23.6 Å². The van der Waals surface area contributed by atoms with Gasteiger partial charge in [-0.15, -0.1) is 0 Å². The summed E-state index contributed by atoms with van der Waals surface area (Å²) in [4.78, 5) is 21.1. The lowest BCUT2D eigenvalue weighted by atomic mass is 10.0. The van der Waals surface area contributed by atoms with Crippen LogP contribution in [-0.2, 0) is 13.0 Å². The molecule has 0 radical (unpaired) electrons. The Labute approximate surface area is 131 Å². The standard InChI is InChI=1S/C16H15FN2O4/c17-14-9-15(18-10-11-4-2-1-3-5-11)12(6-7-19(22)23)8-13(14)16(20)21/h1-5,8-9,18H,6-7,10H2,(H,20,21). The van der Waals surface area contributed by atoms with Crippen LogP contribution in [-0.4, -0.2) is 22.5 Å². The van der Waals surface area contributed by atoms with Gasteiger partial charge in [-0.3, -0.25) is 10.1 Å². The SMILES string of the molecule is O=C(O)c1cc(CC[N+](=O)[O-])c(NCc2ccccc2)cc1F. The fraction of sp³-hybridized carbons (Fsp3) is 0.188. The first-order chi connectivity index (χ1) is 11.0. The van der Waals surface area contributed by atoms with Gasteiger partial charge in [-0.2, -0.15) is 0 Å². The smallest absolute Gasteiger partial charge is 0.338 e. The highest BCUT2D eigenvalue weighted by Gasteiger charge is 2.16. The Morgan fingerprint density at radius 3 is 2.57 bits per heavy atom. The lowest BCUT2D eigenvalue weighted by Gasteiger charge is -2.13. The molecule has 0 aromatic heterocycles. The van der Waals surface area contributed by atoms with Gasteiger partial charge < -0.3 is 10.4 Å². The Kier molecular flexibility index (Phi) is 5.24. The molecular weight excluding hydrogens is 303 g/mol. The molecule has 2 N–H and O–H groups in total. The summed E-state index contributed by atoms with van der Waals surface area (Å²) in [6, 6.07) is 11.6. The largest absolute Gasteiger partial charge is 0.478 e. The highest BCUT2D eigenvalue weighted by molar-refractivity contribution is 5.89. The van der Waals surface area contributed by atoms with E-state index < -0.39 is 22.3 Å². The lowest BCUT2D eigenvalue weighted by Crippen LogP contribution is -2.11. The minimum absolute atomic E-state index is 0.0185. The van der Waals surface area contributed by atoms with Crippen LogP contribution in [0.3, 0.4) is 0 Å². The first-order valence-corrected chi connectivity index (χ1v) is 6.92. The summed E-state index contributed by atoms with van der Waals surface area (Å²) >= 11 is 0. The second-order valence-electron chi connectivity index (χ2n) is 4.94. The number of nitrogens with one attached hydrogen (secondary N) is 1. The molecule has 0 aliphatic rings.